The summed E-state index contributed by atoms with van der Waals surface area (Å²) in [6.45, 7) is 4.55. The van der Waals surface area contributed by atoms with Gasteiger partial charge in [-0.1, -0.05) is 18.2 Å². The maximum absolute atomic E-state index is 12.8. The van der Waals surface area contributed by atoms with Crippen molar-refractivity contribution in [3.63, 3.8) is 0 Å². The Hall–Kier alpha value is -3.19. The molecule has 1 aromatic carbocycles. The molecule has 2 aromatic heterocycles. The summed E-state index contributed by atoms with van der Waals surface area (Å²) < 4.78 is 43.3. The number of nitrogen functional groups attached to an aromatic ring is 1. The third kappa shape index (κ3) is 5.28. The molecular formula is C23H26N5O8P. The predicted molar refractivity (Wildman–Crippen MR) is 130 cm³/mol. The molecule has 5 atom stereocenters. The highest BCUT2D eigenvalue weighted by molar-refractivity contribution is 7.56. The lowest BCUT2D eigenvalue weighted by Crippen LogP contribution is -2.32. The number of ether oxygens (including phenoxy) is 4. The summed E-state index contributed by atoms with van der Waals surface area (Å²) in [4.78, 5) is 34.3. The summed E-state index contributed by atoms with van der Waals surface area (Å²) in [5.74, 6) is 0.0899. The van der Waals surface area contributed by atoms with Crippen LogP contribution >= 0.6 is 7.60 Å². The number of carbonyl (C=O) groups excluding carboxylic acids is 1. The van der Waals surface area contributed by atoms with Gasteiger partial charge in [0.25, 0.3) is 0 Å². The molecule has 13 nitrogen and oxygen atoms in total. The Morgan fingerprint density at radius 2 is 2.00 bits per heavy atom. The van der Waals surface area contributed by atoms with Crippen molar-refractivity contribution < 1.29 is 37.7 Å². The predicted octanol–water partition coefficient (Wildman–Crippen LogP) is 2.62. The number of hydrogen-bond donors (Lipinski definition) is 2. The minimum Gasteiger partial charge on any atom is -0.426 e. The van der Waals surface area contributed by atoms with E-state index < -0.39 is 43.9 Å². The van der Waals surface area contributed by atoms with E-state index in [1.54, 1.807) is 42.7 Å². The first-order valence-electron chi connectivity index (χ1n) is 11.4. The standard InChI is InChI=1S/C23H26N5O8P/c1-13(29)33-15-7-5-4-6-14(15)8-9-37(30,31)32-10-16-18-19(36-23(2,3)35-18)22(34-16)28-12-27-17-20(24)25-11-26-21(17)28/h4-9,11-12,16,18-19,22H,10H2,1-3H3,(H,30,31)(H2,24,25,26)/b9-8+/t16-,18-,19-,22-/m1/s1. The van der Waals surface area contributed by atoms with Crippen LogP contribution in [0.4, 0.5) is 5.82 Å². The van der Waals surface area contributed by atoms with Crippen LogP contribution in [0.3, 0.4) is 0 Å². The maximum atomic E-state index is 12.8. The van der Waals surface area contributed by atoms with Crippen LogP contribution in [0.15, 0.2) is 42.7 Å². The number of esters is 1. The molecule has 2 fully saturated rings. The number of para-hydroxylation sites is 1. The molecular weight excluding hydrogens is 505 g/mol. The van der Waals surface area contributed by atoms with Gasteiger partial charge in [0.2, 0.25) is 0 Å². The summed E-state index contributed by atoms with van der Waals surface area (Å²) in [5, 5.41) is 0. The summed E-state index contributed by atoms with van der Waals surface area (Å²) in [6, 6.07) is 6.61. The highest BCUT2D eigenvalue weighted by Crippen LogP contribution is 2.48. The van der Waals surface area contributed by atoms with Gasteiger partial charge >= 0.3 is 13.6 Å². The molecule has 0 spiro atoms. The van der Waals surface area contributed by atoms with Crippen molar-refractivity contribution in [3.8, 4) is 5.75 Å². The first-order valence-corrected chi connectivity index (χ1v) is 13.1. The van der Waals surface area contributed by atoms with Crippen molar-refractivity contribution in [2.24, 2.45) is 0 Å². The second-order valence-corrected chi connectivity index (χ2v) is 10.7. The fraction of sp³-hybridized carbons (Fsp3) is 0.391. The molecule has 2 saturated heterocycles. The van der Waals surface area contributed by atoms with Crippen molar-refractivity contribution in [3.05, 3.63) is 48.3 Å². The first kappa shape index (κ1) is 25.5. The smallest absolute Gasteiger partial charge is 0.351 e. The molecule has 0 aliphatic carbocycles. The Balaban J connectivity index is 1.33. The Morgan fingerprint density at radius 3 is 2.78 bits per heavy atom. The van der Waals surface area contributed by atoms with Crippen LogP contribution in [0, 0.1) is 0 Å². The van der Waals surface area contributed by atoms with Crippen LogP contribution in [0.2, 0.25) is 0 Å². The monoisotopic (exact) mass is 531 g/mol. The van der Waals surface area contributed by atoms with Gasteiger partial charge in [-0.15, -0.1) is 0 Å². The van der Waals surface area contributed by atoms with Gasteiger partial charge in [-0.3, -0.25) is 13.9 Å². The first-order chi connectivity index (χ1) is 17.5. The average molecular weight is 531 g/mol. The van der Waals surface area contributed by atoms with Gasteiger partial charge in [0.15, 0.2) is 23.5 Å². The van der Waals surface area contributed by atoms with Crippen molar-refractivity contribution >= 4 is 36.6 Å². The molecule has 1 unspecified atom stereocenters. The lowest BCUT2D eigenvalue weighted by Gasteiger charge is -2.25. The molecule has 3 N–H and O–H groups in total. The molecule has 0 radical (unpaired) electrons. The molecule has 0 bridgehead atoms. The van der Waals surface area contributed by atoms with Gasteiger partial charge in [0.1, 0.15) is 35.9 Å². The third-order valence-corrected chi connectivity index (χ3v) is 6.87. The molecule has 196 valence electrons. The second kappa shape index (κ2) is 9.60. The molecule has 3 aromatic rings. The van der Waals surface area contributed by atoms with Crippen LogP contribution in [0.5, 0.6) is 5.75 Å². The zero-order valence-corrected chi connectivity index (χ0v) is 21.1. The molecule has 5 rings (SSSR count). The van der Waals surface area contributed by atoms with Crippen LogP contribution in [-0.2, 0) is 28.1 Å². The summed E-state index contributed by atoms with van der Waals surface area (Å²) in [5.41, 5.74) is 7.22. The van der Waals surface area contributed by atoms with Gasteiger partial charge in [0.05, 0.1) is 12.9 Å². The Kier molecular flexibility index (Phi) is 6.61. The maximum Gasteiger partial charge on any atom is 0.351 e. The molecule has 2 aliphatic rings. The van der Waals surface area contributed by atoms with Crippen LogP contribution in [-0.4, -0.2) is 61.1 Å². The number of fused-ring (bicyclic) bond motifs is 2. The van der Waals surface area contributed by atoms with Gasteiger partial charge in [-0.05, 0) is 26.0 Å². The van der Waals surface area contributed by atoms with E-state index in [0.717, 1.165) is 5.82 Å². The van der Waals surface area contributed by atoms with Crippen LogP contribution < -0.4 is 10.5 Å². The van der Waals surface area contributed by atoms with E-state index in [2.05, 4.69) is 15.0 Å². The normalized spacial score (nSPS) is 26.4. The van der Waals surface area contributed by atoms with Gasteiger partial charge in [-0.2, -0.15) is 0 Å². The number of hydrogen-bond acceptors (Lipinski definition) is 11. The van der Waals surface area contributed by atoms with Gasteiger partial charge in [-0.25, -0.2) is 15.0 Å². The highest BCUT2D eigenvalue weighted by atomic mass is 31.2. The Labute approximate surface area is 211 Å². The van der Waals surface area contributed by atoms with Crippen LogP contribution in [0.1, 0.15) is 32.6 Å². The molecule has 2 aliphatic heterocycles. The Morgan fingerprint density at radius 1 is 1.24 bits per heavy atom. The minimum atomic E-state index is -4.21. The number of aromatic nitrogens is 4. The number of benzene rings is 1. The number of imidazole rings is 1. The number of nitrogens with two attached hydrogens (primary N) is 1. The number of anilines is 1. The quantitative estimate of drug-likeness (QED) is 0.260. The van der Waals surface area contributed by atoms with Gasteiger partial charge in [0, 0.05) is 18.3 Å². The van der Waals surface area contributed by atoms with E-state index in [1.807, 2.05) is 0 Å². The fourth-order valence-electron chi connectivity index (χ4n) is 4.34. The number of rotatable bonds is 7. The van der Waals surface area contributed by atoms with E-state index in [1.165, 1.54) is 25.7 Å². The SMILES string of the molecule is CC(=O)Oc1ccccc1/C=C/P(=O)(O)OC[C@H]1O[C@@H](n2cnc3c(N)ncnc32)[C@@H]2OC(C)(C)O[C@@H]21. The van der Waals surface area contributed by atoms with Gasteiger partial charge < -0.3 is 34.1 Å². The van der Waals surface area contributed by atoms with E-state index in [4.69, 9.17) is 29.2 Å². The highest BCUT2D eigenvalue weighted by Gasteiger charge is 2.56. The van der Waals surface area contributed by atoms with Crippen molar-refractivity contribution in [1.29, 1.82) is 0 Å². The lowest BCUT2D eigenvalue weighted by atomic mass is 10.1. The molecule has 37 heavy (non-hydrogen) atoms. The van der Waals surface area contributed by atoms with E-state index in [0.29, 0.717) is 16.7 Å². The van der Waals surface area contributed by atoms with E-state index >= 15 is 0 Å². The van der Waals surface area contributed by atoms with Crippen molar-refractivity contribution in [2.75, 3.05) is 12.3 Å². The zero-order chi connectivity index (χ0) is 26.4. The van der Waals surface area contributed by atoms with E-state index in [9.17, 15) is 14.3 Å². The fourth-order valence-corrected chi connectivity index (χ4v) is 5.13. The topological polar surface area (TPSA) is 170 Å². The summed E-state index contributed by atoms with van der Waals surface area (Å²) in [6.07, 6.45) is 1.61. The largest absolute Gasteiger partial charge is 0.426 e. The Bertz CT molecular complexity index is 1410. The van der Waals surface area contributed by atoms with Crippen LogP contribution in [0.25, 0.3) is 17.2 Å². The van der Waals surface area contributed by atoms with Crippen molar-refractivity contribution in [1.82, 2.24) is 19.5 Å². The average Bonchev–Trinajstić information content (AvgIpc) is 3.48. The minimum absolute atomic E-state index is 0.227. The molecule has 0 amide bonds. The molecule has 4 heterocycles. The van der Waals surface area contributed by atoms with E-state index in [-0.39, 0.29) is 18.2 Å². The zero-order valence-electron chi connectivity index (χ0n) is 20.3. The van der Waals surface area contributed by atoms with Crippen molar-refractivity contribution in [2.45, 2.75) is 51.1 Å². The lowest BCUT2D eigenvalue weighted by molar-refractivity contribution is -0.199. The number of nitrogens with zero attached hydrogens (tertiary/aromatic N) is 4. The molecule has 0 saturated carbocycles. The summed E-state index contributed by atoms with van der Waals surface area (Å²) >= 11 is 0. The molecule has 14 heteroatoms. The number of carbonyl (C=O) groups is 1. The second-order valence-electron chi connectivity index (χ2n) is 9.02. The summed E-state index contributed by atoms with van der Waals surface area (Å²) in [7, 11) is -4.21. The third-order valence-electron chi connectivity index (χ3n) is 5.83.